The van der Waals surface area contributed by atoms with Crippen LogP contribution in [0.1, 0.15) is 39.1 Å². The Bertz CT molecular complexity index is 900. The van der Waals surface area contributed by atoms with E-state index in [2.05, 4.69) is 0 Å². The minimum Gasteiger partial charge on any atom is -0.497 e. The molecule has 1 aliphatic heterocycles. The number of piperidine rings is 1. The molecular weight excluding hydrogens is 360 g/mol. The molecule has 0 radical (unpaired) electrons. The highest BCUT2D eigenvalue weighted by molar-refractivity contribution is 5.99. The standard InChI is InChI=1S/C21H22N2O5/c1-14-18(4-3-5-19(14)23(26)27)21(25)22-12-10-16(11-13-22)20(24)15-6-8-17(28-2)9-7-15/h3-9,16H,10-13H2,1-2H3. The molecule has 7 heteroatoms. The summed E-state index contributed by atoms with van der Waals surface area (Å²) in [6, 6.07) is 11.6. The van der Waals surface area contributed by atoms with Crippen LogP contribution >= 0.6 is 0 Å². The second-order valence-corrected chi connectivity index (χ2v) is 6.87. The molecule has 1 fully saturated rings. The summed E-state index contributed by atoms with van der Waals surface area (Å²) < 4.78 is 5.11. The van der Waals surface area contributed by atoms with Gasteiger partial charge in [0.2, 0.25) is 0 Å². The van der Waals surface area contributed by atoms with Crippen molar-refractivity contribution in [2.45, 2.75) is 19.8 Å². The molecule has 0 saturated carbocycles. The minimum absolute atomic E-state index is 0.0598. The number of benzene rings is 2. The first kappa shape index (κ1) is 19.5. The van der Waals surface area contributed by atoms with E-state index in [-0.39, 0.29) is 23.3 Å². The number of rotatable bonds is 5. The van der Waals surface area contributed by atoms with Gasteiger partial charge in [-0.2, -0.15) is 0 Å². The normalized spacial score (nSPS) is 14.6. The maximum Gasteiger partial charge on any atom is 0.273 e. The predicted octanol–water partition coefficient (Wildman–Crippen LogP) is 3.65. The Morgan fingerprint density at radius 3 is 2.32 bits per heavy atom. The van der Waals surface area contributed by atoms with Crippen LogP contribution in [0.4, 0.5) is 5.69 Å². The highest BCUT2D eigenvalue weighted by atomic mass is 16.6. The van der Waals surface area contributed by atoms with Crippen LogP contribution in [0, 0.1) is 23.0 Å². The number of Topliss-reactive ketones (excluding diaryl/α,β-unsaturated/α-hetero) is 1. The maximum atomic E-state index is 12.8. The molecule has 0 bridgehead atoms. The largest absolute Gasteiger partial charge is 0.497 e. The van der Waals surface area contributed by atoms with E-state index in [4.69, 9.17) is 4.74 Å². The van der Waals surface area contributed by atoms with Crippen LogP contribution in [-0.4, -0.2) is 41.7 Å². The number of methoxy groups -OCH3 is 1. The molecule has 3 rings (SSSR count). The number of amides is 1. The van der Waals surface area contributed by atoms with Gasteiger partial charge in [-0.1, -0.05) is 6.07 Å². The van der Waals surface area contributed by atoms with Gasteiger partial charge in [-0.05, 0) is 50.1 Å². The molecule has 0 atom stereocenters. The molecule has 1 amide bonds. The van der Waals surface area contributed by atoms with Crippen molar-refractivity contribution >= 4 is 17.4 Å². The Balaban J connectivity index is 1.66. The van der Waals surface area contributed by atoms with E-state index in [1.807, 2.05) is 0 Å². The molecule has 1 heterocycles. The van der Waals surface area contributed by atoms with E-state index in [1.165, 1.54) is 12.1 Å². The fourth-order valence-corrected chi connectivity index (χ4v) is 3.56. The molecule has 1 aliphatic rings. The van der Waals surface area contributed by atoms with Crippen LogP contribution in [0.3, 0.4) is 0 Å². The van der Waals surface area contributed by atoms with E-state index >= 15 is 0 Å². The Kier molecular flexibility index (Phi) is 5.73. The van der Waals surface area contributed by atoms with Gasteiger partial charge < -0.3 is 9.64 Å². The summed E-state index contributed by atoms with van der Waals surface area (Å²) in [4.78, 5) is 37.8. The molecule has 2 aromatic carbocycles. The van der Waals surface area contributed by atoms with Crippen molar-refractivity contribution in [2.24, 2.45) is 5.92 Å². The van der Waals surface area contributed by atoms with Crippen LogP contribution in [-0.2, 0) is 0 Å². The smallest absolute Gasteiger partial charge is 0.273 e. The maximum absolute atomic E-state index is 12.8. The monoisotopic (exact) mass is 382 g/mol. The number of carbonyl (C=O) groups excluding carboxylic acids is 2. The van der Waals surface area contributed by atoms with Gasteiger partial charge in [0.15, 0.2) is 5.78 Å². The van der Waals surface area contributed by atoms with Crippen molar-refractivity contribution in [1.29, 1.82) is 0 Å². The molecule has 0 aromatic heterocycles. The Hall–Kier alpha value is -3.22. The summed E-state index contributed by atoms with van der Waals surface area (Å²) in [6.45, 7) is 2.49. The highest BCUT2D eigenvalue weighted by Crippen LogP contribution is 2.26. The SMILES string of the molecule is COc1ccc(C(=O)C2CCN(C(=O)c3cccc([N+](=O)[O-])c3C)CC2)cc1. The van der Waals surface area contributed by atoms with Crippen LogP contribution in [0.5, 0.6) is 5.75 Å². The van der Waals surface area contributed by atoms with Crippen molar-refractivity contribution < 1.29 is 19.2 Å². The van der Waals surface area contributed by atoms with Crippen molar-refractivity contribution in [3.8, 4) is 5.75 Å². The van der Waals surface area contributed by atoms with Crippen molar-refractivity contribution in [3.05, 3.63) is 69.3 Å². The Morgan fingerprint density at radius 1 is 1.11 bits per heavy atom. The average Bonchev–Trinajstić information content (AvgIpc) is 2.73. The zero-order chi connectivity index (χ0) is 20.3. The molecule has 2 aromatic rings. The number of ketones is 1. The zero-order valence-electron chi connectivity index (χ0n) is 15.9. The molecule has 0 spiro atoms. The number of nitro groups is 1. The summed E-state index contributed by atoms with van der Waals surface area (Å²) in [5.41, 5.74) is 1.29. The fraction of sp³-hybridized carbons (Fsp3) is 0.333. The lowest BCUT2D eigenvalue weighted by molar-refractivity contribution is -0.385. The number of carbonyl (C=O) groups is 2. The summed E-state index contributed by atoms with van der Waals surface area (Å²) in [5, 5.41) is 11.1. The molecule has 0 N–H and O–H groups in total. The summed E-state index contributed by atoms with van der Waals surface area (Å²) in [5.74, 6) is 0.408. The van der Waals surface area contributed by atoms with Gasteiger partial charge in [0.1, 0.15) is 5.75 Å². The highest BCUT2D eigenvalue weighted by Gasteiger charge is 2.30. The van der Waals surface area contributed by atoms with Crippen molar-refractivity contribution in [3.63, 3.8) is 0 Å². The second kappa shape index (κ2) is 8.21. The van der Waals surface area contributed by atoms with Gasteiger partial charge in [0, 0.05) is 41.8 Å². The number of hydrogen-bond acceptors (Lipinski definition) is 5. The van der Waals surface area contributed by atoms with Gasteiger partial charge in [-0.3, -0.25) is 19.7 Å². The van der Waals surface area contributed by atoms with E-state index in [0.717, 1.165) is 0 Å². The fourth-order valence-electron chi connectivity index (χ4n) is 3.56. The first-order valence-corrected chi connectivity index (χ1v) is 9.14. The summed E-state index contributed by atoms with van der Waals surface area (Å²) >= 11 is 0. The third-order valence-electron chi connectivity index (χ3n) is 5.26. The van der Waals surface area contributed by atoms with Crippen molar-refractivity contribution in [1.82, 2.24) is 4.90 Å². The van der Waals surface area contributed by atoms with Crippen LogP contribution in [0.25, 0.3) is 0 Å². The first-order chi connectivity index (χ1) is 13.4. The number of ether oxygens (including phenoxy) is 1. The topological polar surface area (TPSA) is 89.8 Å². The van der Waals surface area contributed by atoms with Gasteiger partial charge in [0.25, 0.3) is 11.6 Å². The van der Waals surface area contributed by atoms with E-state index < -0.39 is 4.92 Å². The van der Waals surface area contributed by atoms with Crippen LogP contribution < -0.4 is 4.74 Å². The van der Waals surface area contributed by atoms with Gasteiger partial charge in [-0.25, -0.2) is 0 Å². The van der Waals surface area contributed by atoms with Crippen molar-refractivity contribution in [2.75, 3.05) is 20.2 Å². The predicted molar refractivity (Wildman–Crippen MR) is 104 cm³/mol. The second-order valence-electron chi connectivity index (χ2n) is 6.87. The lowest BCUT2D eigenvalue weighted by atomic mass is 9.88. The Labute approximate surface area is 163 Å². The van der Waals surface area contributed by atoms with E-state index in [1.54, 1.807) is 49.3 Å². The molecule has 0 aliphatic carbocycles. The van der Waals surface area contributed by atoms with Gasteiger partial charge in [0.05, 0.1) is 12.0 Å². The van der Waals surface area contributed by atoms with Gasteiger partial charge >= 0.3 is 0 Å². The zero-order valence-corrected chi connectivity index (χ0v) is 15.9. The lowest BCUT2D eigenvalue weighted by Gasteiger charge is -2.31. The third kappa shape index (κ3) is 3.88. The van der Waals surface area contributed by atoms with Crippen LogP contribution in [0.15, 0.2) is 42.5 Å². The average molecular weight is 382 g/mol. The lowest BCUT2D eigenvalue weighted by Crippen LogP contribution is -2.40. The molecule has 7 nitrogen and oxygen atoms in total. The van der Waals surface area contributed by atoms with E-state index in [9.17, 15) is 19.7 Å². The number of likely N-dealkylation sites (tertiary alicyclic amines) is 1. The van der Waals surface area contributed by atoms with Gasteiger partial charge in [-0.15, -0.1) is 0 Å². The summed E-state index contributed by atoms with van der Waals surface area (Å²) in [6.07, 6.45) is 1.15. The molecule has 1 saturated heterocycles. The number of nitro benzene ring substituents is 1. The molecular formula is C21H22N2O5. The molecule has 28 heavy (non-hydrogen) atoms. The molecule has 146 valence electrons. The first-order valence-electron chi connectivity index (χ1n) is 9.14. The quantitative estimate of drug-likeness (QED) is 0.447. The Morgan fingerprint density at radius 2 is 1.75 bits per heavy atom. The number of nitrogens with zero attached hydrogens (tertiary/aromatic N) is 2. The van der Waals surface area contributed by atoms with Crippen LogP contribution in [0.2, 0.25) is 0 Å². The van der Waals surface area contributed by atoms with E-state index in [0.29, 0.717) is 48.4 Å². The molecule has 0 unspecified atom stereocenters. The third-order valence-corrected chi connectivity index (χ3v) is 5.26. The minimum atomic E-state index is -0.480. The summed E-state index contributed by atoms with van der Waals surface area (Å²) in [7, 11) is 1.58. The number of hydrogen-bond donors (Lipinski definition) is 0.